The lowest BCUT2D eigenvalue weighted by Crippen LogP contribution is -2.59. The van der Waals surface area contributed by atoms with Gasteiger partial charge in [-0.1, -0.05) is 13.3 Å². The molecule has 1 saturated carbocycles. The van der Waals surface area contributed by atoms with Gasteiger partial charge < -0.3 is 4.98 Å². The van der Waals surface area contributed by atoms with Crippen LogP contribution >= 0.6 is 0 Å². The summed E-state index contributed by atoms with van der Waals surface area (Å²) in [5.74, 6) is -1.93. The first-order valence-corrected chi connectivity index (χ1v) is 8.70. The van der Waals surface area contributed by atoms with Crippen molar-refractivity contribution in [1.82, 2.24) is 19.4 Å². The molecule has 2 aromatic heterocycles. The summed E-state index contributed by atoms with van der Waals surface area (Å²) in [6.45, 7) is 1.76. The lowest BCUT2D eigenvalue weighted by atomic mass is 9.92. The van der Waals surface area contributed by atoms with E-state index in [1.54, 1.807) is 10.8 Å². The predicted molar refractivity (Wildman–Crippen MR) is 89.9 cm³/mol. The van der Waals surface area contributed by atoms with Gasteiger partial charge in [0, 0.05) is 18.2 Å². The van der Waals surface area contributed by atoms with Crippen molar-refractivity contribution in [3.8, 4) is 0 Å². The Labute approximate surface area is 143 Å². The molecule has 0 amide bonds. The van der Waals surface area contributed by atoms with E-state index in [1.807, 2.05) is 11.0 Å². The van der Waals surface area contributed by atoms with E-state index in [0.717, 1.165) is 12.8 Å². The van der Waals surface area contributed by atoms with Gasteiger partial charge >= 0.3 is 0 Å². The number of H-pyrrole nitrogens is 1. The number of hydrogen-bond donors (Lipinski definition) is 3. The molecule has 134 valence electrons. The molecule has 1 aliphatic carbocycles. The van der Waals surface area contributed by atoms with E-state index < -0.39 is 5.92 Å². The fraction of sp³-hybridized carbons (Fsp3) is 0.588. The summed E-state index contributed by atoms with van der Waals surface area (Å²) in [7, 11) is 0. The molecule has 0 aromatic carbocycles. The molecule has 2 aliphatic rings. The van der Waals surface area contributed by atoms with Crippen molar-refractivity contribution in [1.29, 1.82) is 10.8 Å². The van der Waals surface area contributed by atoms with Crippen LogP contribution in [0.5, 0.6) is 0 Å². The normalized spacial score (nSPS) is 29.0. The zero-order valence-corrected chi connectivity index (χ0v) is 14.1. The number of halogens is 2. The summed E-state index contributed by atoms with van der Waals surface area (Å²) in [5.41, 5.74) is 1.53. The molecule has 0 spiro atoms. The molecular weight excluding hydrogens is 326 g/mol. The summed E-state index contributed by atoms with van der Waals surface area (Å²) >= 11 is 0. The van der Waals surface area contributed by atoms with Crippen LogP contribution in [-0.4, -0.2) is 50.3 Å². The average Bonchev–Trinajstić information content (AvgIpc) is 3.18. The van der Waals surface area contributed by atoms with Crippen LogP contribution in [0.4, 0.5) is 8.78 Å². The standard InChI is InChI=1S/C17H22F2N6/c1-2-10-5-11(24-8-17(18,19)9-24)6-12(10)15(21)25-13-3-4-22-16(13)23-7-14(25)20/h3-4,7,10-12,20-22H,2,5-6,8-9H2,1H3. The van der Waals surface area contributed by atoms with Gasteiger partial charge in [0.15, 0.2) is 5.65 Å². The Balaban J connectivity index is 1.61. The number of nitrogens with zero attached hydrogens (tertiary/aromatic N) is 3. The summed E-state index contributed by atoms with van der Waals surface area (Å²) in [5, 5.41) is 16.9. The number of likely N-dealkylation sites (tertiary alicyclic amines) is 1. The monoisotopic (exact) mass is 348 g/mol. The molecule has 0 bridgehead atoms. The van der Waals surface area contributed by atoms with E-state index in [4.69, 9.17) is 10.8 Å². The van der Waals surface area contributed by atoms with Gasteiger partial charge in [0.25, 0.3) is 5.92 Å². The highest BCUT2D eigenvalue weighted by Crippen LogP contribution is 2.41. The van der Waals surface area contributed by atoms with Crippen molar-refractivity contribution in [2.45, 2.75) is 38.2 Å². The molecule has 2 aromatic rings. The summed E-state index contributed by atoms with van der Waals surface area (Å²) in [4.78, 5) is 9.04. The molecule has 1 saturated heterocycles. The second kappa shape index (κ2) is 5.72. The summed E-state index contributed by atoms with van der Waals surface area (Å²) in [6, 6.07) is 1.92. The molecule has 4 rings (SSSR count). The highest BCUT2D eigenvalue weighted by Gasteiger charge is 2.50. The van der Waals surface area contributed by atoms with Gasteiger partial charge in [-0.05, 0) is 24.8 Å². The molecule has 1 aliphatic heterocycles. The number of aromatic amines is 1. The van der Waals surface area contributed by atoms with Crippen molar-refractivity contribution in [3.63, 3.8) is 0 Å². The molecule has 6 nitrogen and oxygen atoms in total. The third-order valence-electron chi connectivity index (χ3n) is 5.67. The molecule has 3 unspecified atom stereocenters. The minimum absolute atomic E-state index is 0.0289. The van der Waals surface area contributed by atoms with Crippen LogP contribution < -0.4 is 5.49 Å². The van der Waals surface area contributed by atoms with Crippen molar-refractivity contribution in [3.05, 3.63) is 23.9 Å². The molecule has 3 heterocycles. The number of nitrogens with one attached hydrogen (secondary N) is 3. The third-order valence-corrected chi connectivity index (χ3v) is 5.67. The topological polar surface area (TPSA) is 84.6 Å². The number of alkyl halides is 2. The van der Waals surface area contributed by atoms with Crippen LogP contribution in [0, 0.1) is 22.7 Å². The SMILES string of the molecule is CCC1CC(N2CC(F)(F)C2)CC1C(=N)n1c(=N)cnc2[nH]ccc21. The fourth-order valence-corrected chi connectivity index (χ4v) is 4.36. The zero-order chi connectivity index (χ0) is 17.8. The molecule has 3 N–H and O–H groups in total. The van der Waals surface area contributed by atoms with Gasteiger partial charge in [-0.15, -0.1) is 0 Å². The summed E-state index contributed by atoms with van der Waals surface area (Å²) < 4.78 is 28.0. The highest BCUT2D eigenvalue weighted by molar-refractivity contribution is 5.91. The Hall–Kier alpha value is -2.09. The first-order chi connectivity index (χ1) is 11.9. The maximum atomic E-state index is 13.2. The molecule has 2 fully saturated rings. The average molecular weight is 348 g/mol. The first-order valence-electron chi connectivity index (χ1n) is 8.70. The van der Waals surface area contributed by atoms with Crippen LogP contribution in [-0.2, 0) is 0 Å². The van der Waals surface area contributed by atoms with Gasteiger partial charge in [-0.3, -0.25) is 20.3 Å². The van der Waals surface area contributed by atoms with Crippen molar-refractivity contribution in [2.24, 2.45) is 11.8 Å². The molecule has 25 heavy (non-hydrogen) atoms. The van der Waals surface area contributed by atoms with Crippen molar-refractivity contribution >= 4 is 17.0 Å². The van der Waals surface area contributed by atoms with E-state index in [9.17, 15) is 8.78 Å². The van der Waals surface area contributed by atoms with Crippen LogP contribution in [0.2, 0.25) is 0 Å². The second-order valence-electron chi connectivity index (χ2n) is 7.24. The second-order valence-corrected chi connectivity index (χ2v) is 7.24. The number of hydrogen-bond acceptors (Lipinski definition) is 4. The maximum Gasteiger partial charge on any atom is 0.272 e. The summed E-state index contributed by atoms with van der Waals surface area (Å²) in [6.07, 6.45) is 5.64. The van der Waals surface area contributed by atoms with Gasteiger partial charge in [0.05, 0.1) is 24.8 Å². The van der Waals surface area contributed by atoms with E-state index in [1.165, 1.54) is 6.20 Å². The molecule has 0 radical (unpaired) electrons. The Morgan fingerprint density at radius 1 is 1.40 bits per heavy atom. The number of aromatic nitrogens is 3. The smallest absolute Gasteiger partial charge is 0.272 e. The van der Waals surface area contributed by atoms with E-state index in [2.05, 4.69) is 16.9 Å². The minimum atomic E-state index is -2.56. The maximum absolute atomic E-state index is 13.2. The van der Waals surface area contributed by atoms with Crippen LogP contribution in [0.1, 0.15) is 26.2 Å². The molecule has 8 heteroatoms. The van der Waals surface area contributed by atoms with Crippen LogP contribution in [0.15, 0.2) is 18.5 Å². The predicted octanol–water partition coefficient (Wildman–Crippen LogP) is 2.42. The Bertz CT molecular complexity index is 861. The highest BCUT2D eigenvalue weighted by atomic mass is 19.3. The Kier molecular flexibility index (Phi) is 3.75. The van der Waals surface area contributed by atoms with Gasteiger partial charge in [0.1, 0.15) is 11.3 Å². The van der Waals surface area contributed by atoms with Gasteiger partial charge in [-0.25, -0.2) is 13.8 Å². The molecular formula is C17H22F2N6. The van der Waals surface area contributed by atoms with Crippen LogP contribution in [0.3, 0.4) is 0 Å². The van der Waals surface area contributed by atoms with Crippen LogP contribution in [0.25, 0.3) is 11.2 Å². The van der Waals surface area contributed by atoms with Crippen molar-refractivity contribution in [2.75, 3.05) is 13.1 Å². The minimum Gasteiger partial charge on any atom is -0.345 e. The van der Waals surface area contributed by atoms with E-state index in [0.29, 0.717) is 23.4 Å². The Morgan fingerprint density at radius 3 is 2.84 bits per heavy atom. The quantitative estimate of drug-likeness (QED) is 0.588. The fourth-order valence-electron chi connectivity index (χ4n) is 4.36. The Morgan fingerprint density at radius 2 is 2.16 bits per heavy atom. The van der Waals surface area contributed by atoms with Gasteiger partial charge in [-0.2, -0.15) is 0 Å². The third kappa shape index (κ3) is 2.68. The number of fused-ring (bicyclic) bond motifs is 1. The largest absolute Gasteiger partial charge is 0.345 e. The number of rotatable bonds is 3. The first kappa shape index (κ1) is 16.4. The zero-order valence-electron chi connectivity index (χ0n) is 14.1. The molecule has 3 atom stereocenters. The van der Waals surface area contributed by atoms with Crippen molar-refractivity contribution < 1.29 is 8.78 Å². The lowest BCUT2D eigenvalue weighted by molar-refractivity contribution is -0.145. The van der Waals surface area contributed by atoms with Gasteiger partial charge in [0.2, 0.25) is 0 Å². The van der Waals surface area contributed by atoms with E-state index >= 15 is 0 Å². The van der Waals surface area contributed by atoms with E-state index in [-0.39, 0.29) is 36.5 Å². The lowest BCUT2D eigenvalue weighted by Gasteiger charge is -2.42.